The smallest absolute Gasteiger partial charge is 0.259 e. The molecule has 0 aliphatic carbocycles. The van der Waals surface area contributed by atoms with Gasteiger partial charge in [0, 0.05) is 23.4 Å². The Morgan fingerprint density at radius 1 is 1.26 bits per heavy atom. The normalized spacial score (nSPS) is 10.1. The van der Waals surface area contributed by atoms with Gasteiger partial charge in [0.05, 0.1) is 5.56 Å². The van der Waals surface area contributed by atoms with Gasteiger partial charge < -0.3 is 10.6 Å². The van der Waals surface area contributed by atoms with Gasteiger partial charge in [-0.1, -0.05) is 22.0 Å². The lowest BCUT2D eigenvalue weighted by Crippen LogP contribution is -2.15. The first-order chi connectivity index (χ1) is 9.13. The molecule has 19 heavy (non-hydrogen) atoms. The Morgan fingerprint density at radius 3 is 2.79 bits per heavy atom. The zero-order chi connectivity index (χ0) is 13.8. The monoisotopic (exact) mass is 319 g/mol. The molecule has 2 aromatic rings. The van der Waals surface area contributed by atoms with E-state index in [2.05, 4.69) is 31.5 Å². The summed E-state index contributed by atoms with van der Waals surface area (Å²) in [6.07, 6.45) is 1.65. The summed E-state index contributed by atoms with van der Waals surface area (Å²) in [7, 11) is 1.74. The fraction of sp³-hybridized carbons (Fsp3) is 0.143. The first-order valence-corrected chi connectivity index (χ1v) is 6.62. The topological polar surface area (TPSA) is 54.0 Å². The molecule has 0 saturated heterocycles. The Morgan fingerprint density at radius 2 is 2.05 bits per heavy atom. The van der Waals surface area contributed by atoms with E-state index in [0.717, 1.165) is 15.7 Å². The fourth-order valence-electron chi connectivity index (χ4n) is 1.72. The largest absolute Gasteiger partial charge is 0.372 e. The Labute approximate surface area is 120 Å². The first-order valence-electron chi connectivity index (χ1n) is 5.82. The average Bonchev–Trinajstić information content (AvgIpc) is 2.43. The van der Waals surface area contributed by atoms with Gasteiger partial charge in [0.15, 0.2) is 0 Å². The van der Waals surface area contributed by atoms with Gasteiger partial charge in [-0.2, -0.15) is 0 Å². The summed E-state index contributed by atoms with van der Waals surface area (Å²) >= 11 is 3.44. The van der Waals surface area contributed by atoms with Crippen LogP contribution in [-0.4, -0.2) is 17.9 Å². The molecule has 2 N–H and O–H groups in total. The van der Waals surface area contributed by atoms with Gasteiger partial charge in [-0.05, 0) is 36.8 Å². The van der Waals surface area contributed by atoms with Crippen molar-refractivity contribution in [2.45, 2.75) is 6.92 Å². The summed E-state index contributed by atoms with van der Waals surface area (Å²) in [6.45, 7) is 1.95. The Hall–Kier alpha value is -1.88. The van der Waals surface area contributed by atoms with Crippen molar-refractivity contribution in [3.63, 3.8) is 0 Å². The standard InChI is InChI=1S/C14H14BrN3O/c1-9-11(15)6-3-7-12(9)18-14(19)10-5-4-8-17-13(10)16-2/h3-8H,1-2H3,(H,16,17)(H,18,19). The predicted molar refractivity (Wildman–Crippen MR) is 80.6 cm³/mol. The van der Waals surface area contributed by atoms with Gasteiger partial charge in [0.1, 0.15) is 5.82 Å². The molecule has 0 spiro atoms. The van der Waals surface area contributed by atoms with Crippen LogP contribution < -0.4 is 10.6 Å². The molecule has 0 aliphatic heterocycles. The summed E-state index contributed by atoms with van der Waals surface area (Å²) in [5.74, 6) is 0.381. The summed E-state index contributed by atoms with van der Waals surface area (Å²) < 4.78 is 0.963. The minimum atomic E-state index is -0.182. The fourth-order valence-corrected chi connectivity index (χ4v) is 2.09. The molecule has 0 fully saturated rings. The highest BCUT2D eigenvalue weighted by atomic mass is 79.9. The number of carbonyl (C=O) groups is 1. The van der Waals surface area contributed by atoms with E-state index >= 15 is 0 Å². The maximum atomic E-state index is 12.3. The average molecular weight is 320 g/mol. The second-order valence-electron chi connectivity index (χ2n) is 4.02. The highest BCUT2D eigenvalue weighted by Gasteiger charge is 2.12. The molecule has 0 saturated carbocycles. The van der Waals surface area contributed by atoms with E-state index in [9.17, 15) is 4.79 Å². The third-order valence-corrected chi connectivity index (χ3v) is 3.66. The van der Waals surface area contributed by atoms with Crippen LogP contribution in [0.3, 0.4) is 0 Å². The zero-order valence-corrected chi connectivity index (χ0v) is 12.3. The molecule has 1 heterocycles. The van der Waals surface area contributed by atoms with Crippen LogP contribution in [0.5, 0.6) is 0 Å². The van der Waals surface area contributed by atoms with Crippen molar-refractivity contribution in [3.05, 3.63) is 52.1 Å². The molecule has 0 bridgehead atoms. The molecule has 0 unspecified atom stereocenters. The second kappa shape index (κ2) is 5.84. The van der Waals surface area contributed by atoms with Crippen LogP contribution in [0, 0.1) is 6.92 Å². The van der Waals surface area contributed by atoms with Gasteiger partial charge >= 0.3 is 0 Å². The van der Waals surface area contributed by atoms with Crippen LogP contribution in [-0.2, 0) is 0 Å². The lowest BCUT2D eigenvalue weighted by molar-refractivity contribution is 0.102. The van der Waals surface area contributed by atoms with Crippen LogP contribution in [0.2, 0.25) is 0 Å². The Bertz CT molecular complexity index is 613. The molecule has 0 radical (unpaired) electrons. The molecular formula is C14H14BrN3O. The number of halogens is 1. The molecule has 0 aliphatic rings. The number of amides is 1. The lowest BCUT2D eigenvalue weighted by Gasteiger charge is -2.11. The first kappa shape index (κ1) is 13.5. The van der Waals surface area contributed by atoms with Crippen molar-refractivity contribution in [1.29, 1.82) is 0 Å². The lowest BCUT2D eigenvalue weighted by atomic mass is 10.2. The number of carbonyl (C=O) groups excluding carboxylic acids is 1. The van der Waals surface area contributed by atoms with Crippen LogP contribution in [0.25, 0.3) is 0 Å². The summed E-state index contributed by atoms with van der Waals surface area (Å²) in [4.78, 5) is 16.4. The quantitative estimate of drug-likeness (QED) is 0.911. The molecule has 5 heteroatoms. The maximum absolute atomic E-state index is 12.3. The number of hydrogen-bond donors (Lipinski definition) is 2. The summed E-state index contributed by atoms with van der Waals surface area (Å²) in [6, 6.07) is 9.17. The highest BCUT2D eigenvalue weighted by Crippen LogP contribution is 2.24. The molecule has 1 aromatic carbocycles. The zero-order valence-electron chi connectivity index (χ0n) is 10.7. The minimum Gasteiger partial charge on any atom is -0.372 e. The summed E-state index contributed by atoms with van der Waals surface area (Å²) in [5.41, 5.74) is 2.29. The molecule has 1 aromatic heterocycles. The van der Waals surface area contributed by atoms with Crippen LogP contribution >= 0.6 is 15.9 Å². The van der Waals surface area contributed by atoms with Gasteiger partial charge in [0.2, 0.25) is 0 Å². The summed E-state index contributed by atoms with van der Waals surface area (Å²) in [5, 5.41) is 5.80. The number of aromatic nitrogens is 1. The van der Waals surface area contributed by atoms with Crippen molar-refractivity contribution in [2.24, 2.45) is 0 Å². The molecule has 98 valence electrons. The van der Waals surface area contributed by atoms with Crippen LogP contribution in [0.4, 0.5) is 11.5 Å². The molecular weight excluding hydrogens is 306 g/mol. The van der Waals surface area contributed by atoms with E-state index in [1.54, 1.807) is 25.4 Å². The third kappa shape index (κ3) is 2.93. The van der Waals surface area contributed by atoms with Crippen molar-refractivity contribution in [2.75, 3.05) is 17.7 Å². The number of nitrogens with zero attached hydrogens (tertiary/aromatic N) is 1. The third-order valence-electron chi connectivity index (χ3n) is 2.81. The van der Waals surface area contributed by atoms with Gasteiger partial charge in [-0.25, -0.2) is 4.98 Å². The van der Waals surface area contributed by atoms with Gasteiger partial charge in [0.25, 0.3) is 5.91 Å². The van der Waals surface area contributed by atoms with Gasteiger partial charge in [-0.3, -0.25) is 4.79 Å². The van der Waals surface area contributed by atoms with Crippen molar-refractivity contribution in [3.8, 4) is 0 Å². The number of nitrogens with one attached hydrogen (secondary N) is 2. The molecule has 1 amide bonds. The van der Waals surface area contributed by atoms with E-state index < -0.39 is 0 Å². The number of anilines is 2. The highest BCUT2D eigenvalue weighted by molar-refractivity contribution is 9.10. The Kier molecular flexibility index (Phi) is 4.16. The van der Waals surface area contributed by atoms with E-state index in [-0.39, 0.29) is 5.91 Å². The van der Waals surface area contributed by atoms with E-state index in [1.807, 2.05) is 25.1 Å². The van der Waals surface area contributed by atoms with Crippen LogP contribution in [0.15, 0.2) is 41.0 Å². The van der Waals surface area contributed by atoms with E-state index in [0.29, 0.717) is 11.4 Å². The molecule has 2 rings (SSSR count). The Balaban J connectivity index is 2.28. The number of hydrogen-bond acceptors (Lipinski definition) is 3. The molecule has 0 atom stereocenters. The van der Waals surface area contributed by atoms with Crippen molar-refractivity contribution in [1.82, 2.24) is 4.98 Å². The maximum Gasteiger partial charge on any atom is 0.259 e. The van der Waals surface area contributed by atoms with E-state index in [1.165, 1.54) is 0 Å². The van der Waals surface area contributed by atoms with Crippen molar-refractivity contribution >= 4 is 33.3 Å². The molecule has 4 nitrogen and oxygen atoms in total. The van der Waals surface area contributed by atoms with E-state index in [4.69, 9.17) is 0 Å². The van der Waals surface area contributed by atoms with Crippen molar-refractivity contribution < 1.29 is 4.79 Å². The number of pyridine rings is 1. The SMILES string of the molecule is CNc1ncccc1C(=O)Nc1cccc(Br)c1C. The van der Waals surface area contributed by atoms with Crippen LogP contribution in [0.1, 0.15) is 15.9 Å². The van der Waals surface area contributed by atoms with Gasteiger partial charge in [-0.15, -0.1) is 0 Å². The second-order valence-corrected chi connectivity index (χ2v) is 4.87. The number of rotatable bonds is 3. The number of benzene rings is 1. The minimum absolute atomic E-state index is 0.182. The predicted octanol–water partition coefficient (Wildman–Crippen LogP) is 3.45.